The number of carbonyl (C=O) groups is 2. The van der Waals surface area contributed by atoms with Crippen LogP contribution in [0.5, 0.6) is 0 Å². The highest BCUT2D eigenvalue weighted by Gasteiger charge is 2.29. The zero-order chi connectivity index (χ0) is 14.4. The average Bonchev–Trinajstić information content (AvgIpc) is 2.81. The number of carbonyl (C=O) groups excluding carboxylic acids is 1. The minimum Gasteiger partial charge on any atom is -0.480 e. The Bertz CT molecular complexity index is 335. The van der Waals surface area contributed by atoms with Crippen molar-refractivity contribution in [1.29, 1.82) is 0 Å². The fourth-order valence-electron chi connectivity index (χ4n) is 3.12. The molecule has 0 aromatic rings. The molecule has 20 heavy (non-hydrogen) atoms. The maximum absolute atomic E-state index is 12.4. The van der Waals surface area contributed by atoms with Crippen molar-refractivity contribution >= 4 is 11.9 Å². The second kappa shape index (κ2) is 7.59. The van der Waals surface area contributed by atoms with Gasteiger partial charge in [0.15, 0.2) is 0 Å². The standard InChI is InChI=1S/C14H25N3O3/c18-13(10-16-8-3-6-15-7-9-16)17(11-14(19)20)12-4-1-2-5-12/h12,15H,1-11H2,(H,19,20). The summed E-state index contributed by atoms with van der Waals surface area (Å²) in [6.07, 6.45) is 5.13. The highest BCUT2D eigenvalue weighted by atomic mass is 16.4. The summed E-state index contributed by atoms with van der Waals surface area (Å²) >= 11 is 0. The highest BCUT2D eigenvalue weighted by Crippen LogP contribution is 2.23. The van der Waals surface area contributed by atoms with Gasteiger partial charge >= 0.3 is 5.97 Å². The molecule has 114 valence electrons. The van der Waals surface area contributed by atoms with Gasteiger partial charge in [0, 0.05) is 19.1 Å². The van der Waals surface area contributed by atoms with E-state index in [9.17, 15) is 9.59 Å². The van der Waals surface area contributed by atoms with E-state index in [0.29, 0.717) is 6.54 Å². The fourth-order valence-corrected chi connectivity index (χ4v) is 3.12. The Kier molecular flexibility index (Phi) is 5.79. The van der Waals surface area contributed by atoms with Crippen LogP contribution in [0, 0.1) is 0 Å². The number of hydrogen-bond acceptors (Lipinski definition) is 4. The lowest BCUT2D eigenvalue weighted by atomic mass is 10.2. The van der Waals surface area contributed by atoms with Crippen LogP contribution in [0.2, 0.25) is 0 Å². The van der Waals surface area contributed by atoms with Crippen molar-refractivity contribution in [3.8, 4) is 0 Å². The molecular weight excluding hydrogens is 258 g/mol. The number of carboxylic acids is 1. The number of aliphatic carboxylic acids is 1. The molecule has 0 aromatic carbocycles. The molecule has 0 radical (unpaired) electrons. The van der Waals surface area contributed by atoms with Crippen LogP contribution in [0.15, 0.2) is 0 Å². The molecule has 0 aromatic heterocycles. The first-order valence-corrected chi connectivity index (χ1v) is 7.61. The second-order valence-electron chi connectivity index (χ2n) is 5.73. The molecule has 1 heterocycles. The molecule has 1 saturated heterocycles. The molecule has 2 rings (SSSR count). The smallest absolute Gasteiger partial charge is 0.323 e. The van der Waals surface area contributed by atoms with E-state index in [2.05, 4.69) is 10.2 Å². The molecule has 1 aliphatic carbocycles. The zero-order valence-electron chi connectivity index (χ0n) is 12.0. The van der Waals surface area contributed by atoms with E-state index >= 15 is 0 Å². The maximum Gasteiger partial charge on any atom is 0.323 e. The molecule has 6 nitrogen and oxygen atoms in total. The summed E-state index contributed by atoms with van der Waals surface area (Å²) in [4.78, 5) is 27.2. The van der Waals surface area contributed by atoms with Crippen LogP contribution in [0.4, 0.5) is 0 Å². The third-order valence-electron chi connectivity index (χ3n) is 4.18. The van der Waals surface area contributed by atoms with Crippen LogP contribution in [0.3, 0.4) is 0 Å². The summed E-state index contributed by atoms with van der Waals surface area (Å²) in [7, 11) is 0. The van der Waals surface area contributed by atoms with E-state index in [1.165, 1.54) is 0 Å². The lowest BCUT2D eigenvalue weighted by Crippen LogP contribution is -2.47. The van der Waals surface area contributed by atoms with Gasteiger partial charge in [-0.1, -0.05) is 12.8 Å². The zero-order valence-corrected chi connectivity index (χ0v) is 12.0. The molecular formula is C14H25N3O3. The van der Waals surface area contributed by atoms with Crippen LogP contribution in [0.1, 0.15) is 32.1 Å². The van der Waals surface area contributed by atoms with Crippen molar-refractivity contribution in [3.63, 3.8) is 0 Å². The number of carboxylic acid groups (broad SMARTS) is 1. The van der Waals surface area contributed by atoms with E-state index in [1.54, 1.807) is 4.90 Å². The number of nitrogens with one attached hydrogen (secondary N) is 1. The van der Waals surface area contributed by atoms with Crippen molar-refractivity contribution in [2.24, 2.45) is 0 Å². The fraction of sp³-hybridized carbons (Fsp3) is 0.857. The molecule has 6 heteroatoms. The van der Waals surface area contributed by atoms with E-state index in [-0.39, 0.29) is 18.5 Å². The third kappa shape index (κ3) is 4.45. The van der Waals surface area contributed by atoms with Crippen molar-refractivity contribution < 1.29 is 14.7 Å². The lowest BCUT2D eigenvalue weighted by Gasteiger charge is -2.30. The molecule has 0 bridgehead atoms. The van der Waals surface area contributed by atoms with Crippen molar-refractivity contribution in [2.45, 2.75) is 38.1 Å². The van der Waals surface area contributed by atoms with Gasteiger partial charge in [0.05, 0.1) is 6.54 Å². The molecule has 1 aliphatic heterocycles. The molecule has 1 amide bonds. The summed E-state index contributed by atoms with van der Waals surface area (Å²) in [6, 6.07) is 0.128. The Balaban J connectivity index is 1.92. The normalized spacial score (nSPS) is 21.6. The predicted molar refractivity (Wildman–Crippen MR) is 75.5 cm³/mol. The van der Waals surface area contributed by atoms with Crippen LogP contribution >= 0.6 is 0 Å². The number of hydrogen-bond donors (Lipinski definition) is 2. The van der Waals surface area contributed by atoms with Gasteiger partial charge in [-0.15, -0.1) is 0 Å². The lowest BCUT2D eigenvalue weighted by molar-refractivity contribution is -0.146. The van der Waals surface area contributed by atoms with E-state index in [1.807, 2.05) is 0 Å². The van der Waals surface area contributed by atoms with Gasteiger partial charge in [0.25, 0.3) is 0 Å². The number of rotatable bonds is 5. The summed E-state index contributed by atoms with van der Waals surface area (Å²) in [6.45, 7) is 3.85. The first kappa shape index (κ1) is 15.3. The van der Waals surface area contributed by atoms with Crippen molar-refractivity contribution in [3.05, 3.63) is 0 Å². The largest absolute Gasteiger partial charge is 0.480 e. The Labute approximate surface area is 120 Å². The van der Waals surface area contributed by atoms with Crippen LogP contribution in [-0.4, -0.2) is 72.1 Å². The monoisotopic (exact) mass is 283 g/mol. The van der Waals surface area contributed by atoms with Gasteiger partial charge in [-0.3, -0.25) is 14.5 Å². The van der Waals surface area contributed by atoms with Crippen molar-refractivity contribution in [2.75, 3.05) is 39.3 Å². The summed E-state index contributed by atoms with van der Waals surface area (Å²) < 4.78 is 0. The van der Waals surface area contributed by atoms with Gasteiger partial charge in [0.2, 0.25) is 5.91 Å². The first-order valence-electron chi connectivity index (χ1n) is 7.61. The van der Waals surface area contributed by atoms with E-state index in [4.69, 9.17) is 5.11 Å². The SMILES string of the molecule is O=C(O)CN(C(=O)CN1CCCNCC1)C1CCCC1. The summed E-state index contributed by atoms with van der Waals surface area (Å²) in [5, 5.41) is 12.3. The summed E-state index contributed by atoms with van der Waals surface area (Å²) in [5.74, 6) is -0.941. The molecule has 2 N–H and O–H groups in total. The van der Waals surface area contributed by atoms with E-state index < -0.39 is 5.97 Å². The highest BCUT2D eigenvalue weighted by molar-refractivity contribution is 5.83. The predicted octanol–water partition coefficient (Wildman–Crippen LogP) is 0.138. The Morgan fingerprint density at radius 2 is 1.90 bits per heavy atom. The topological polar surface area (TPSA) is 72.9 Å². The minimum atomic E-state index is -0.914. The van der Waals surface area contributed by atoms with Gasteiger partial charge in [-0.05, 0) is 32.4 Å². The molecule has 2 fully saturated rings. The van der Waals surface area contributed by atoms with Crippen LogP contribution < -0.4 is 5.32 Å². The van der Waals surface area contributed by atoms with Gasteiger partial charge in [-0.2, -0.15) is 0 Å². The Hall–Kier alpha value is -1.14. The average molecular weight is 283 g/mol. The minimum absolute atomic E-state index is 0.0267. The summed E-state index contributed by atoms with van der Waals surface area (Å²) in [5.41, 5.74) is 0. The molecule has 1 saturated carbocycles. The van der Waals surface area contributed by atoms with Gasteiger partial charge in [0.1, 0.15) is 6.54 Å². The van der Waals surface area contributed by atoms with Gasteiger partial charge < -0.3 is 15.3 Å². The molecule has 0 spiro atoms. The maximum atomic E-state index is 12.4. The molecule has 0 unspecified atom stereocenters. The second-order valence-corrected chi connectivity index (χ2v) is 5.73. The number of amides is 1. The van der Waals surface area contributed by atoms with Crippen molar-refractivity contribution in [1.82, 2.24) is 15.1 Å². The Morgan fingerprint density at radius 3 is 2.60 bits per heavy atom. The Morgan fingerprint density at radius 1 is 1.15 bits per heavy atom. The van der Waals surface area contributed by atoms with Gasteiger partial charge in [-0.25, -0.2) is 0 Å². The molecule has 0 atom stereocenters. The van der Waals surface area contributed by atoms with E-state index in [0.717, 1.165) is 58.3 Å². The number of nitrogens with zero attached hydrogens (tertiary/aromatic N) is 2. The van der Waals surface area contributed by atoms with Crippen LogP contribution in [-0.2, 0) is 9.59 Å². The third-order valence-corrected chi connectivity index (χ3v) is 4.18. The first-order chi connectivity index (χ1) is 9.66. The molecule has 2 aliphatic rings. The quantitative estimate of drug-likeness (QED) is 0.751. The van der Waals surface area contributed by atoms with Crippen LogP contribution in [0.25, 0.3) is 0 Å².